The first-order chi connectivity index (χ1) is 12.9. The Morgan fingerprint density at radius 1 is 1.33 bits per heavy atom. The van der Waals surface area contributed by atoms with Crippen LogP contribution in [0.4, 0.5) is 4.79 Å². The predicted molar refractivity (Wildman–Crippen MR) is 93.6 cm³/mol. The highest BCUT2D eigenvalue weighted by atomic mass is 16.5. The molecule has 1 aliphatic heterocycles. The molecule has 0 radical (unpaired) electrons. The molecule has 2 amide bonds. The first kappa shape index (κ1) is 18.5. The van der Waals surface area contributed by atoms with Crippen molar-refractivity contribution in [3.05, 3.63) is 35.9 Å². The summed E-state index contributed by atoms with van der Waals surface area (Å²) in [6.45, 7) is 2.37. The summed E-state index contributed by atoms with van der Waals surface area (Å²) in [4.78, 5) is 29.2. The van der Waals surface area contributed by atoms with E-state index in [1.165, 1.54) is 0 Å². The van der Waals surface area contributed by atoms with Crippen molar-refractivity contribution < 1.29 is 24.2 Å². The Bertz CT molecular complexity index is 852. The Morgan fingerprint density at radius 3 is 2.70 bits per heavy atom. The first-order valence-electron chi connectivity index (χ1n) is 8.29. The van der Waals surface area contributed by atoms with Gasteiger partial charge in [0.05, 0.1) is 26.8 Å². The summed E-state index contributed by atoms with van der Waals surface area (Å²) < 4.78 is 12.2. The number of rotatable bonds is 7. The van der Waals surface area contributed by atoms with Crippen molar-refractivity contribution in [3.8, 4) is 11.5 Å². The zero-order valence-electron chi connectivity index (χ0n) is 15.2. The summed E-state index contributed by atoms with van der Waals surface area (Å²) in [5, 5.41) is 15.5. The van der Waals surface area contributed by atoms with Crippen LogP contribution in [0.3, 0.4) is 0 Å². The van der Waals surface area contributed by atoms with Crippen molar-refractivity contribution >= 4 is 12.0 Å². The molecule has 0 unspecified atom stereocenters. The number of ether oxygens (including phenoxy) is 2. The van der Waals surface area contributed by atoms with E-state index in [1.54, 1.807) is 49.2 Å². The van der Waals surface area contributed by atoms with Crippen LogP contribution in [0.1, 0.15) is 11.4 Å². The molecule has 2 heterocycles. The number of hydrogen-bond acceptors (Lipinski definition) is 6. The van der Waals surface area contributed by atoms with Gasteiger partial charge >= 0.3 is 6.09 Å². The molecule has 0 saturated carbocycles. The molecule has 0 spiro atoms. The Hall–Kier alpha value is -3.30. The van der Waals surface area contributed by atoms with E-state index in [4.69, 9.17) is 14.6 Å². The van der Waals surface area contributed by atoms with E-state index in [2.05, 4.69) is 15.4 Å². The molecule has 27 heavy (non-hydrogen) atoms. The number of carbonyl (C=O) groups is 2. The number of β-lactam (4-membered cyclic amide) rings is 1. The van der Waals surface area contributed by atoms with Crippen LogP contribution in [-0.4, -0.2) is 63.1 Å². The maximum absolute atomic E-state index is 12.5. The molecule has 0 aliphatic carbocycles. The molecule has 3 rings (SSSR count). The number of nitrogens with zero attached hydrogens (tertiary/aromatic N) is 4. The predicted octanol–water partition coefficient (Wildman–Crippen LogP) is 0.651. The number of likely N-dealkylation sites (tertiary alicyclic amines) is 1. The van der Waals surface area contributed by atoms with Gasteiger partial charge in [-0.1, -0.05) is 0 Å². The molecular weight excluding hydrogens is 354 g/mol. The molecule has 1 aliphatic rings. The van der Waals surface area contributed by atoms with Gasteiger partial charge in [-0.2, -0.15) is 5.10 Å². The summed E-state index contributed by atoms with van der Waals surface area (Å²) in [5.74, 6) is 1.54. The zero-order valence-corrected chi connectivity index (χ0v) is 15.2. The highest BCUT2D eigenvalue weighted by molar-refractivity contribution is 5.92. The summed E-state index contributed by atoms with van der Waals surface area (Å²) in [5.41, 5.74) is 0.792. The zero-order chi connectivity index (χ0) is 19.6. The van der Waals surface area contributed by atoms with Crippen molar-refractivity contribution in [2.75, 3.05) is 14.2 Å². The van der Waals surface area contributed by atoms with Gasteiger partial charge < -0.3 is 24.8 Å². The second-order valence-corrected chi connectivity index (χ2v) is 6.15. The lowest BCUT2D eigenvalue weighted by atomic mass is 9.93. The van der Waals surface area contributed by atoms with Crippen LogP contribution in [0.25, 0.3) is 0 Å². The number of carbonyl (C=O) groups excluding carboxylic acids is 1. The SMILES string of the molecule is COc1ccc(CN2C(=O)[C@@H](NC(=O)O)[C@H]2Cn2cnc(C)n2)c(OC)c1. The highest BCUT2D eigenvalue weighted by Crippen LogP contribution is 2.30. The maximum Gasteiger partial charge on any atom is 0.405 e. The monoisotopic (exact) mass is 375 g/mol. The third-order valence-electron chi connectivity index (χ3n) is 4.47. The van der Waals surface area contributed by atoms with Crippen molar-refractivity contribution in [1.82, 2.24) is 25.0 Å². The quantitative estimate of drug-likeness (QED) is 0.682. The van der Waals surface area contributed by atoms with E-state index in [1.807, 2.05) is 6.07 Å². The second kappa shape index (κ2) is 7.52. The van der Waals surface area contributed by atoms with Gasteiger partial charge in [0.1, 0.15) is 29.7 Å². The lowest BCUT2D eigenvalue weighted by Gasteiger charge is -2.46. The van der Waals surface area contributed by atoms with Gasteiger partial charge in [0.25, 0.3) is 0 Å². The summed E-state index contributed by atoms with van der Waals surface area (Å²) in [6.07, 6.45) is 0.317. The molecule has 2 N–H and O–H groups in total. The fourth-order valence-corrected chi connectivity index (χ4v) is 3.13. The van der Waals surface area contributed by atoms with Gasteiger partial charge in [0, 0.05) is 18.2 Å². The summed E-state index contributed by atoms with van der Waals surface area (Å²) in [7, 11) is 3.10. The fraction of sp³-hybridized carbons (Fsp3) is 0.412. The van der Waals surface area contributed by atoms with Gasteiger partial charge in [-0.3, -0.25) is 9.48 Å². The minimum absolute atomic E-state index is 0.280. The number of hydrogen-bond donors (Lipinski definition) is 2. The molecular formula is C17H21N5O5. The Morgan fingerprint density at radius 2 is 2.11 bits per heavy atom. The van der Waals surface area contributed by atoms with Crippen molar-refractivity contribution in [3.63, 3.8) is 0 Å². The largest absolute Gasteiger partial charge is 0.497 e. The van der Waals surface area contributed by atoms with Crippen molar-refractivity contribution in [2.24, 2.45) is 0 Å². The molecule has 0 bridgehead atoms. The van der Waals surface area contributed by atoms with E-state index in [0.29, 0.717) is 23.9 Å². The maximum atomic E-state index is 12.5. The lowest BCUT2D eigenvalue weighted by molar-refractivity contribution is -0.153. The van der Waals surface area contributed by atoms with Crippen LogP contribution in [-0.2, 0) is 17.9 Å². The average Bonchev–Trinajstić information content (AvgIpc) is 3.07. The fourth-order valence-electron chi connectivity index (χ4n) is 3.13. The molecule has 2 aromatic rings. The van der Waals surface area contributed by atoms with Crippen LogP contribution >= 0.6 is 0 Å². The molecule has 1 fully saturated rings. The number of carboxylic acid groups (broad SMARTS) is 1. The smallest absolute Gasteiger partial charge is 0.405 e. The number of benzene rings is 1. The molecule has 144 valence electrons. The van der Waals surface area contributed by atoms with Crippen molar-refractivity contribution in [1.29, 1.82) is 0 Å². The number of aromatic nitrogens is 3. The number of amides is 2. The lowest BCUT2D eigenvalue weighted by Crippen LogP contribution is -2.71. The van der Waals surface area contributed by atoms with Gasteiger partial charge in [-0.15, -0.1) is 0 Å². The highest BCUT2D eigenvalue weighted by Gasteiger charge is 2.48. The Balaban J connectivity index is 1.81. The van der Waals surface area contributed by atoms with Crippen LogP contribution in [0.15, 0.2) is 24.5 Å². The van der Waals surface area contributed by atoms with Crippen LogP contribution in [0.5, 0.6) is 11.5 Å². The van der Waals surface area contributed by atoms with E-state index in [0.717, 1.165) is 5.56 Å². The Labute approximate surface area is 155 Å². The number of methoxy groups -OCH3 is 2. The van der Waals surface area contributed by atoms with E-state index in [9.17, 15) is 9.59 Å². The van der Waals surface area contributed by atoms with E-state index < -0.39 is 12.1 Å². The average molecular weight is 375 g/mol. The van der Waals surface area contributed by atoms with Crippen LogP contribution in [0, 0.1) is 6.92 Å². The minimum Gasteiger partial charge on any atom is -0.497 e. The van der Waals surface area contributed by atoms with E-state index in [-0.39, 0.29) is 18.5 Å². The molecule has 1 saturated heterocycles. The van der Waals surface area contributed by atoms with Gasteiger partial charge in [0.15, 0.2) is 0 Å². The minimum atomic E-state index is -1.24. The van der Waals surface area contributed by atoms with E-state index >= 15 is 0 Å². The van der Waals surface area contributed by atoms with Gasteiger partial charge in [-0.25, -0.2) is 9.78 Å². The second-order valence-electron chi connectivity index (χ2n) is 6.15. The molecule has 1 aromatic heterocycles. The standard InChI is InChI=1S/C17H21N5O5/c1-10-18-9-21(20-10)8-13-15(19-17(24)25)16(23)22(13)7-11-4-5-12(26-2)6-14(11)27-3/h4-6,9,13,15,19H,7-8H2,1-3H3,(H,24,25)/t13-,15+/m1/s1. The molecule has 1 aromatic carbocycles. The van der Waals surface area contributed by atoms with Crippen molar-refractivity contribution in [2.45, 2.75) is 32.1 Å². The number of aryl methyl sites for hydroxylation is 1. The molecule has 10 heteroatoms. The molecule has 2 atom stereocenters. The first-order valence-corrected chi connectivity index (χ1v) is 8.29. The summed E-state index contributed by atoms with van der Waals surface area (Å²) in [6, 6.07) is 4.13. The third-order valence-corrected chi connectivity index (χ3v) is 4.47. The molecule has 10 nitrogen and oxygen atoms in total. The normalized spacial score (nSPS) is 18.8. The van der Waals surface area contributed by atoms with Gasteiger partial charge in [0.2, 0.25) is 5.91 Å². The van der Waals surface area contributed by atoms with Crippen LogP contribution in [0.2, 0.25) is 0 Å². The van der Waals surface area contributed by atoms with Crippen LogP contribution < -0.4 is 14.8 Å². The number of nitrogens with one attached hydrogen (secondary N) is 1. The third kappa shape index (κ3) is 3.78. The Kier molecular flexibility index (Phi) is 5.15. The summed E-state index contributed by atoms with van der Waals surface area (Å²) >= 11 is 0. The van der Waals surface area contributed by atoms with Gasteiger partial charge in [-0.05, 0) is 19.1 Å². The topological polar surface area (TPSA) is 119 Å².